The molecule has 0 unspecified atom stereocenters. The molecular formula is C11H6BrN3O. The lowest BCUT2D eigenvalue weighted by Gasteiger charge is -2.05. The number of hydrogen-bond acceptors (Lipinski definition) is 4. The first-order valence-electron chi connectivity index (χ1n) is 4.43. The summed E-state index contributed by atoms with van der Waals surface area (Å²) >= 11 is 3.27. The molecule has 0 N–H and O–H groups in total. The van der Waals surface area contributed by atoms with Crippen LogP contribution in [-0.4, -0.2) is 9.97 Å². The van der Waals surface area contributed by atoms with Gasteiger partial charge in [-0.05, 0) is 34.1 Å². The van der Waals surface area contributed by atoms with E-state index in [1.54, 1.807) is 30.5 Å². The lowest BCUT2D eigenvalue weighted by atomic mass is 10.2. The number of ether oxygens (including phenoxy) is 1. The van der Waals surface area contributed by atoms with E-state index in [0.717, 1.165) is 0 Å². The van der Waals surface area contributed by atoms with E-state index >= 15 is 0 Å². The van der Waals surface area contributed by atoms with Crippen LogP contribution in [0.3, 0.4) is 0 Å². The Bertz CT molecular complexity index is 551. The maximum atomic E-state index is 8.74. The number of benzene rings is 1. The highest BCUT2D eigenvalue weighted by molar-refractivity contribution is 9.10. The molecule has 0 saturated carbocycles. The third-order valence-electron chi connectivity index (χ3n) is 1.81. The Hall–Kier alpha value is -1.93. The normalized spacial score (nSPS) is 9.50. The third-order valence-corrected chi connectivity index (χ3v) is 2.36. The van der Waals surface area contributed by atoms with Gasteiger partial charge in [-0.25, -0.2) is 9.97 Å². The molecule has 0 aliphatic heterocycles. The SMILES string of the molecule is N#Cc1cccc(Oc2ncncc2Br)c1. The molecule has 1 aromatic heterocycles. The van der Waals surface area contributed by atoms with Crippen LogP contribution < -0.4 is 4.74 Å². The lowest BCUT2D eigenvalue weighted by Crippen LogP contribution is -1.90. The van der Waals surface area contributed by atoms with E-state index in [1.807, 2.05) is 6.07 Å². The zero-order valence-electron chi connectivity index (χ0n) is 8.09. The first kappa shape index (κ1) is 10.6. The fourth-order valence-electron chi connectivity index (χ4n) is 1.12. The van der Waals surface area contributed by atoms with Crippen LogP contribution in [0.4, 0.5) is 0 Å². The standard InChI is InChI=1S/C11H6BrN3O/c12-10-6-14-7-15-11(10)16-9-3-1-2-8(4-9)5-13/h1-4,6-7H. The second-order valence-electron chi connectivity index (χ2n) is 2.92. The van der Waals surface area contributed by atoms with Gasteiger partial charge in [0.2, 0.25) is 5.88 Å². The number of nitriles is 1. The lowest BCUT2D eigenvalue weighted by molar-refractivity contribution is 0.458. The van der Waals surface area contributed by atoms with E-state index in [0.29, 0.717) is 21.7 Å². The van der Waals surface area contributed by atoms with Gasteiger partial charge in [-0.2, -0.15) is 5.26 Å². The van der Waals surface area contributed by atoms with Crippen LogP contribution in [0.25, 0.3) is 0 Å². The minimum absolute atomic E-state index is 0.421. The van der Waals surface area contributed by atoms with Crippen molar-refractivity contribution in [2.24, 2.45) is 0 Å². The Labute approximate surface area is 101 Å². The largest absolute Gasteiger partial charge is 0.438 e. The van der Waals surface area contributed by atoms with Crippen molar-refractivity contribution in [1.82, 2.24) is 9.97 Å². The van der Waals surface area contributed by atoms with Gasteiger partial charge in [0, 0.05) is 6.20 Å². The van der Waals surface area contributed by atoms with Crippen LogP contribution in [0.15, 0.2) is 41.3 Å². The van der Waals surface area contributed by atoms with Crippen LogP contribution in [0.2, 0.25) is 0 Å². The molecule has 0 aliphatic carbocycles. The zero-order valence-corrected chi connectivity index (χ0v) is 9.68. The minimum atomic E-state index is 0.421. The number of rotatable bonds is 2. The van der Waals surface area contributed by atoms with E-state index in [1.165, 1.54) is 6.33 Å². The molecule has 2 aromatic rings. The van der Waals surface area contributed by atoms with E-state index < -0.39 is 0 Å². The van der Waals surface area contributed by atoms with Gasteiger partial charge in [0.25, 0.3) is 0 Å². The highest BCUT2D eigenvalue weighted by Gasteiger charge is 2.04. The topological polar surface area (TPSA) is 58.8 Å². The molecule has 5 heteroatoms. The summed E-state index contributed by atoms with van der Waals surface area (Å²) in [7, 11) is 0. The highest BCUT2D eigenvalue weighted by Crippen LogP contribution is 2.26. The first-order valence-corrected chi connectivity index (χ1v) is 5.22. The molecule has 16 heavy (non-hydrogen) atoms. The third kappa shape index (κ3) is 2.35. The minimum Gasteiger partial charge on any atom is -0.438 e. The summed E-state index contributed by atoms with van der Waals surface area (Å²) in [6, 6.07) is 8.91. The summed E-state index contributed by atoms with van der Waals surface area (Å²) in [5.41, 5.74) is 0.544. The highest BCUT2D eigenvalue weighted by atomic mass is 79.9. The van der Waals surface area contributed by atoms with Crippen molar-refractivity contribution < 1.29 is 4.74 Å². The Morgan fingerprint density at radius 1 is 1.38 bits per heavy atom. The van der Waals surface area contributed by atoms with Crippen molar-refractivity contribution in [3.05, 3.63) is 46.8 Å². The number of aromatic nitrogens is 2. The molecule has 2 rings (SSSR count). The second-order valence-corrected chi connectivity index (χ2v) is 3.77. The predicted molar refractivity (Wildman–Crippen MR) is 61.0 cm³/mol. The van der Waals surface area contributed by atoms with Gasteiger partial charge in [-0.1, -0.05) is 6.07 Å². The molecule has 0 fully saturated rings. The Balaban J connectivity index is 2.28. The smallest absolute Gasteiger partial charge is 0.236 e. The summed E-state index contributed by atoms with van der Waals surface area (Å²) in [5, 5.41) is 8.74. The predicted octanol–water partition coefficient (Wildman–Crippen LogP) is 2.90. The maximum Gasteiger partial charge on any atom is 0.236 e. The summed E-state index contributed by atoms with van der Waals surface area (Å²) in [5.74, 6) is 0.989. The average Bonchev–Trinajstić information content (AvgIpc) is 2.32. The van der Waals surface area contributed by atoms with Gasteiger partial charge < -0.3 is 4.74 Å². The van der Waals surface area contributed by atoms with Crippen molar-refractivity contribution >= 4 is 15.9 Å². The van der Waals surface area contributed by atoms with Crippen LogP contribution in [0.1, 0.15) is 5.56 Å². The molecule has 0 amide bonds. The van der Waals surface area contributed by atoms with Gasteiger partial charge in [-0.15, -0.1) is 0 Å². The molecule has 0 bridgehead atoms. The van der Waals surface area contributed by atoms with Crippen molar-refractivity contribution in [2.75, 3.05) is 0 Å². The van der Waals surface area contributed by atoms with E-state index in [9.17, 15) is 0 Å². The average molecular weight is 276 g/mol. The summed E-state index contributed by atoms with van der Waals surface area (Å²) in [6.45, 7) is 0. The maximum absolute atomic E-state index is 8.74. The van der Waals surface area contributed by atoms with Crippen LogP contribution in [-0.2, 0) is 0 Å². The number of halogens is 1. The van der Waals surface area contributed by atoms with Gasteiger partial charge in [0.1, 0.15) is 12.1 Å². The zero-order chi connectivity index (χ0) is 11.4. The summed E-state index contributed by atoms with van der Waals surface area (Å²) in [4.78, 5) is 7.80. The fraction of sp³-hybridized carbons (Fsp3) is 0. The van der Waals surface area contributed by atoms with E-state index in [-0.39, 0.29) is 0 Å². The number of nitrogens with zero attached hydrogens (tertiary/aromatic N) is 3. The van der Waals surface area contributed by atoms with Gasteiger partial charge in [0.15, 0.2) is 0 Å². The first-order chi connectivity index (χ1) is 7.79. The van der Waals surface area contributed by atoms with Crippen molar-refractivity contribution in [2.45, 2.75) is 0 Å². The molecule has 0 atom stereocenters. The van der Waals surface area contributed by atoms with E-state index in [4.69, 9.17) is 10.00 Å². The van der Waals surface area contributed by atoms with Crippen LogP contribution >= 0.6 is 15.9 Å². The second kappa shape index (κ2) is 4.73. The quantitative estimate of drug-likeness (QED) is 0.846. The fourth-order valence-corrected chi connectivity index (χ4v) is 1.42. The molecule has 0 spiro atoms. The molecule has 1 aromatic carbocycles. The number of hydrogen-bond donors (Lipinski definition) is 0. The van der Waals surface area contributed by atoms with E-state index in [2.05, 4.69) is 25.9 Å². The van der Waals surface area contributed by atoms with Gasteiger partial charge in [-0.3, -0.25) is 0 Å². The Kier molecular flexibility index (Phi) is 3.13. The molecule has 1 heterocycles. The molecule has 0 aliphatic rings. The van der Waals surface area contributed by atoms with Gasteiger partial charge >= 0.3 is 0 Å². The Morgan fingerprint density at radius 3 is 3.00 bits per heavy atom. The molecule has 0 radical (unpaired) electrons. The molecule has 78 valence electrons. The van der Waals surface area contributed by atoms with Crippen molar-refractivity contribution in [3.63, 3.8) is 0 Å². The monoisotopic (exact) mass is 275 g/mol. The van der Waals surface area contributed by atoms with Gasteiger partial charge in [0.05, 0.1) is 16.1 Å². The van der Waals surface area contributed by atoms with Crippen LogP contribution in [0, 0.1) is 11.3 Å². The molecular weight excluding hydrogens is 270 g/mol. The molecule has 0 saturated heterocycles. The summed E-state index contributed by atoms with van der Waals surface area (Å²) in [6.07, 6.45) is 2.99. The van der Waals surface area contributed by atoms with Crippen LogP contribution in [0.5, 0.6) is 11.6 Å². The summed E-state index contributed by atoms with van der Waals surface area (Å²) < 4.78 is 6.17. The molecule has 4 nitrogen and oxygen atoms in total. The van der Waals surface area contributed by atoms with Crippen molar-refractivity contribution in [3.8, 4) is 17.7 Å². The Morgan fingerprint density at radius 2 is 2.25 bits per heavy atom. The van der Waals surface area contributed by atoms with Crippen molar-refractivity contribution in [1.29, 1.82) is 5.26 Å².